The van der Waals surface area contributed by atoms with Gasteiger partial charge in [0, 0.05) is 6.42 Å². The molecule has 1 N–H and O–H groups in total. The van der Waals surface area contributed by atoms with Gasteiger partial charge in [0.05, 0.1) is 6.04 Å². The minimum Gasteiger partial charge on any atom is -0.444 e. The van der Waals surface area contributed by atoms with Gasteiger partial charge in [-0.2, -0.15) is 11.3 Å². The van der Waals surface area contributed by atoms with Crippen LogP contribution in [-0.4, -0.2) is 23.5 Å². The maximum absolute atomic E-state index is 11.8. The predicted molar refractivity (Wildman–Crippen MR) is 71.9 cm³/mol. The van der Waals surface area contributed by atoms with E-state index < -0.39 is 17.7 Å². The minimum atomic E-state index is -0.561. The summed E-state index contributed by atoms with van der Waals surface area (Å²) in [6.45, 7) is 7.01. The Bertz CT molecular complexity index is 406. The molecule has 0 aliphatic carbocycles. The number of amides is 1. The SMILES string of the molecule is C[C@@H](NC(=O)OC(C)(C)C)C(=O)Cc1ccsc1. The third-order valence-electron chi connectivity index (χ3n) is 2.17. The van der Waals surface area contributed by atoms with Gasteiger partial charge in [0.25, 0.3) is 0 Å². The number of Topliss-reactive ketones (excluding diaryl/α,β-unsaturated/α-hetero) is 1. The minimum absolute atomic E-state index is 0.0285. The standard InChI is InChI=1S/C13H19NO3S/c1-9(14-12(16)17-13(2,3)4)11(15)7-10-5-6-18-8-10/h5-6,8-9H,7H2,1-4H3,(H,14,16)/t9-/m1/s1. The first-order valence-electron chi connectivity index (χ1n) is 5.81. The van der Waals surface area contributed by atoms with E-state index in [1.54, 1.807) is 39.0 Å². The molecule has 100 valence electrons. The number of ketones is 1. The molecule has 0 aliphatic rings. The molecule has 1 rings (SSSR count). The van der Waals surface area contributed by atoms with Gasteiger partial charge in [0.1, 0.15) is 5.60 Å². The maximum atomic E-state index is 11.8. The van der Waals surface area contributed by atoms with Gasteiger partial charge < -0.3 is 10.1 Å². The summed E-state index contributed by atoms with van der Waals surface area (Å²) in [5.74, 6) is -0.0285. The first-order chi connectivity index (χ1) is 8.28. The topological polar surface area (TPSA) is 55.4 Å². The van der Waals surface area contributed by atoms with Gasteiger partial charge in [-0.15, -0.1) is 0 Å². The van der Waals surface area contributed by atoms with Gasteiger partial charge >= 0.3 is 6.09 Å². The number of hydrogen-bond donors (Lipinski definition) is 1. The van der Waals surface area contributed by atoms with Crippen molar-refractivity contribution in [2.45, 2.75) is 45.8 Å². The molecule has 1 atom stereocenters. The summed E-state index contributed by atoms with van der Waals surface area (Å²) in [4.78, 5) is 23.3. The molecular weight excluding hydrogens is 250 g/mol. The van der Waals surface area contributed by atoms with Crippen LogP contribution < -0.4 is 5.32 Å². The van der Waals surface area contributed by atoms with E-state index in [0.29, 0.717) is 6.42 Å². The van der Waals surface area contributed by atoms with Crippen LogP contribution in [0.15, 0.2) is 16.8 Å². The van der Waals surface area contributed by atoms with E-state index in [9.17, 15) is 9.59 Å². The largest absolute Gasteiger partial charge is 0.444 e. The molecule has 1 amide bonds. The number of ether oxygens (including phenoxy) is 1. The van der Waals surface area contributed by atoms with E-state index >= 15 is 0 Å². The Hall–Kier alpha value is -1.36. The molecule has 1 heterocycles. The quantitative estimate of drug-likeness (QED) is 0.914. The fourth-order valence-corrected chi connectivity index (χ4v) is 1.98. The average Bonchev–Trinajstić information content (AvgIpc) is 2.66. The first-order valence-corrected chi connectivity index (χ1v) is 6.75. The Kier molecular flexibility index (Phi) is 4.90. The Balaban J connectivity index is 2.42. The van der Waals surface area contributed by atoms with Crippen LogP contribution in [0.25, 0.3) is 0 Å². The zero-order chi connectivity index (χ0) is 13.8. The summed E-state index contributed by atoms with van der Waals surface area (Å²) in [5, 5.41) is 6.40. The van der Waals surface area contributed by atoms with Crippen molar-refractivity contribution in [2.75, 3.05) is 0 Å². The number of carbonyl (C=O) groups is 2. The highest BCUT2D eigenvalue weighted by atomic mass is 32.1. The number of thiophene rings is 1. The van der Waals surface area contributed by atoms with Crippen LogP contribution in [0.4, 0.5) is 4.79 Å². The molecule has 0 aromatic carbocycles. The zero-order valence-corrected chi connectivity index (χ0v) is 12.0. The van der Waals surface area contributed by atoms with E-state index in [0.717, 1.165) is 5.56 Å². The molecule has 0 radical (unpaired) electrons. The summed E-state index contributed by atoms with van der Waals surface area (Å²) < 4.78 is 5.09. The third kappa shape index (κ3) is 5.31. The second-order valence-corrected chi connectivity index (χ2v) is 5.92. The molecule has 0 saturated carbocycles. The van der Waals surface area contributed by atoms with Crippen LogP contribution in [0.5, 0.6) is 0 Å². The van der Waals surface area contributed by atoms with E-state index in [-0.39, 0.29) is 5.78 Å². The van der Waals surface area contributed by atoms with E-state index in [1.165, 1.54) is 0 Å². The van der Waals surface area contributed by atoms with Crippen molar-refractivity contribution >= 4 is 23.2 Å². The van der Waals surface area contributed by atoms with Gasteiger partial charge in [-0.1, -0.05) is 0 Å². The van der Waals surface area contributed by atoms with Crippen LogP contribution in [0.3, 0.4) is 0 Å². The van der Waals surface area contributed by atoms with Crippen molar-refractivity contribution < 1.29 is 14.3 Å². The highest BCUT2D eigenvalue weighted by Gasteiger charge is 2.20. The lowest BCUT2D eigenvalue weighted by Crippen LogP contribution is -2.42. The Labute approximate surface area is 111 Å². The molecule has 18 heavy (non-hydrogen) atoms. The number of rotatable bonds is 4. The van der Waals surface area contributed by atoms with Crippen LogP contribution in [-0.2, 0) is 16.0 Å². The number of alkyl carbamates (subject to hydrolysis) is 1. The lowest BCUT2D eigenvalue weighted by molar-refractivity contribution is -0.120. The van der Waals surface area contributed by atoms with Crippen LogP contribution in [0.1, 0.15) is 33.3 Å². The third-order valence-corrected chi connectivity index (χ3v) is 2.91. The Morgan fingerprint density at radius 2 is 2.11 bits per heavy atom. The zero-order valence-electron chi connectivity index (χ0n) is 11.1. The number of carbonyl (C=O) groups excluding carboxylic acids is 2. The Morgan fingerprint density at radius 1 is 1.44 bits per heavy atom. The Morgan fingerprint density at radius 3 is 2.61 bits per heavy atom. The molecule has 0 unspecified atom stereocenters. The highest BCUT2D eigenvalue weighted by Crippen LogP contribution is 2.09. The lowest BCUT2D eigenvalue weighted by atomic mass is 10.1. The van der Waals surface area contributed by atoms with Crippen molar-refractivity contribution in [1.82, 2.24) is 5.32 Å². The molecule has 1 aromatic heterocycles. The first kappa shape index (κ1) is 14.7. The molecule has 4 nitrogen and oxygen atoms in total. The monoisotopic (exact) mass is 269 g/mol. The molecule has 5 heteroatoms. The summed E-state index contributed by atoms with van der Waals surface area (Å²) in [7, 11) is 0. The van der Waals surface area contributed by atoms with Crippen molar-refractivity contribution in [3.05, 3.63) is 22.4 Å². The van der Waals surface area contributed by atoms with Gasteiger partial charge in [-0.05, 0) is 50.1 Å². The van der Waals surface area contributed by atoms with Gasteiger partial charge in [0.2, 0.25) is 0 Å². The fraction of sp³-hybridized carbons (Fsp3) is 0.538. The second kappa shape index (κ2) is 6.00. The molecule has 0 aliphatic heterocycles. The van der Waals surface area contributed by atoms with E-state index in [1.807, 2.05) is 16.8 Å². The van der Waals surface area contributed by atoms with E-state index in [4.69, 9.17) is 4.74 Å². The number of nitrogens with one attached hydrogen (secondary N) is 1. The summed E-state index contributed by atoms with van der Waals surface area (Å²) in [6.07, 6.45) is -0.228. The van der Waals surface area contributed by atoms with Crippen molar-refractivity contribution in [3.63, 3.8) is 0 Å². The van der Waals surface area contributed by atoms with Crippen molar-refractivity contribution in [3.8, 4) is 0 Å². The fourth-order valence-electron chi connectivity index (χ4n) is 1.31. The highest BCUT2D eigenvalue weighted by molar-refractivity contribution is 7.08. The summed E-state index contributed by atoms with van der Waals surface area (Å²) in [5.41, 5.74) is 0.420. The maximum Gasteiger partial charge on any atom is 0.408 e. The van der Waals surface area contributed by atoms with Crippen molar-refractivity contribution in [1.29, 1.82) is 0 Å². The molecule has 0 spiro atoms. The molecule has 0 saturated heterocycles. The van der Waals surface area contributed by atoms with Crippen LogP contribution in [0, 0.1) is 0 Å². The van der Waals surface area contributed by atoms with Crippen LogP contribution >= 0.6 is 11.3 Å². The normalized spacial score (nSPS) is 12.9. The lowest BCUT2D eigenvalue weighted by Gasteiger charge is -2.21. The van der Waals surface area contributed by atoms with E-state index in [2.05, 4.69) is 5.32 Å². The van der Waals surface area contributed by atoms with Gasteiger partial charge in [-0.3, -0.25) is 4.79 Å². The second-order valence-electron chi connectivity index (χ2n) is 5.14. The van der Waals surface area contributed by atoms with Crippen molar-refractivity contribution in [2.24, 2.45) is 0 Å². The molecule has 0 fully saturated rings. The van der Waals surface area contributed by atoms with Crippen LogP contribution in [0.2, 0.25) is 0 Å². The summed E-state index contributed by atoms with van der Waals surface area (Å²) >= 11 is 1.55. The average molecular weight is 269 g/mol. The molecule has 1 aromatic rings. The summed E-state index contributed by atoms with van der Waals surface area (Å²) in [6, 6.07) is 1.36. The number of hydrogen-bond acceptors (Lipinski definition) is 4. The smallest absolute Gasteiger partial charge is 0.408 e. The molecule has 0 bridgehead atoms. The molecular formula is C13H19NO3S. The van der Waals surface area contributed by atoms with Gasteiger partial charge in [-0.25, -0.2) is 4.79 Å². The van der Waals surface area contributed by atoms with Gasteiger partial charge in [0.15, 0.2) is 5.78 Å². The predicted octanol–water partition coefficient (Wildman–Crippen LogP) is 2.77.